The molecular formula is C21H40N6O6. The third kappa shape index (κ3) is 12.2. The van der Waals surface area contributed by atoms with Crippen LogP contribution >= 0.6 is 0 Å². The molecule has 4 atom stereocenters. The lowest BCUT2D eigenvalue weighted by molar-refractivity contribution is -0.143. The van der Waals surface area contributed by atoms with Crippen molar-refractivity contribution >= 4 is 29.6 Å². The number of amides is 4. The van der Waals surface area contributed by atoms with Gasteiger partial charge in [0.1, 0.15) is 18.1 Å². The molecule has 0 aliphatic heterocycles. The summed E-state index contributed by atoms with van der Waals surface area (Å²) >= 11 is 0. The van der Waals surface area contributed by atoms with E-state index in [2.05, 4.69) is 16.0 Å². The van der Waals surface area contributed by atoms with Crippen molar-refractivity contribution in [1.29, 1.82) is 0 Å². The maximum absolute atomic E-state index is 12.9. The number of nitrogens with two attached hydrogens (primary N) is 3. The Morgan fingerprint density at radius 1 is 0.848 bits per heavy atom. The Balaban J connectivity index is 5.51. The Labute approximate surface area is 194 Å². The quantitative estimate of drug-likeness (QED) is 0.131. The number of aliphatic carboxylic acids is 1. The maximum atomic E-state index is 12.9. The fourth-order valence-corrected chi connectivity index (χ4v) is 3.11. The van der Waals surface area contributed by atoms with Gasteiger partial charge in [-0.15, -0.1) is 0 Å². The number of hydrogen-bond donors (Lipinski definition) is 7. The van der Waals surface area contributed by atoms with E-state index in [1.807, 2.05) is 13.8 Å². The van der Waals surface area contributed by atoms with Gasteiger partial charge in [0.05, 0.1) is 12.5 Å². The van der Waals surface area contributed by atoms with E-state index in [9.17, 15) is 29.1 Å². The lowest BCUT2D eigenvalue weighted by atomic mass is 10.0. The van der Waals surface area contributed by atoms with Crippen LogP contribution in [-0.4, -0.2) is 65.4 Å². The summed E-state index contributed by atoms with van der Waals surface area (Å²) in [6, 6.07) is -4.47. The van der Waals surface area contributed by atoms with Gasteiger partial charge in [0.2, 0.25) is 23.6 Å². The lowest BCUT2D eigenvalue weighted by Crippen LogP contribution is -2.58. The average Bonchev–Trinajstić information content (AvgIpc) is 2.69. The van der Waals surface area contributed by atoms with Gasteiger partial charge in [-0.1, -0.05) is 27.7 Å². The van der Waals surface area contributed by atoms with Gasteiger partial charge in [0.25, 0.3) is 0 Å². The minimum Gasteiger partial charge on any atom is -0.480 e. The Hall–Kier alpha value is -2.73. The molecule has 0 aromatic heterocycles. The van der Waals surface area contributed by atoms with Gasteiger partial charge in [-0.3, -0.25) is 19.2 Å². The molecule has 0 radical (unpaired) electrons. The van der Waals surface area contributed by atoms with Crippen LogP contribution in [0.1, 0.15) is 59.8 Å². The molecule has 0 aliphatic carbocycles. The van der Waals surface area contributed by atoms with E-state index in [4.69, 9.17) is 17.2 Å². The highest BCUT2D eigenvalue weighted by molar-refractivity contribution is 5.96. The van der Waals surface area contributed by atoms with Gasteiger partial charge in [0.15, 0.2) is 0 Å². The van der Waals surface area contributed by atoms with Crippen molar-refractivity contribution in [3.05, 3.63) is 0 Å². The van der Waals surface area contributed by atoms with Crippen LogP contribution < -0.4 is 33.2 Å². The molecule has 4 unspecified atom stereocenters. The number of rotatable bonds is 16. The number of carbonyl (C=O) groups excluding carboxylic acids is 4. The van der Waals surface area contributed by atoms with E-state index in [0.717, 1.165) is 0 Å². The van der Waals surface area contributed by atoms with E-state index >= 15 is 0 Å². The summed E-state index contributed by atoms with van der Waals surface area (Å²) in [5.74, 6) is -4.42. The zero-order valence-electron chi connectivity index (χ0n) is 19.9. The minimum atomic E-state index is -1.33. The SMILES string of the molecule is CC(C)CC(N)C(=O)NC(CC(N)=O)C(=O)NC(CCCCN)C(=O)NC(C(=O)O)C(C)C. The fourth-order valence-electron chi connectivity index (χ4n) is 3.11. The summed E-state index contributed by atoms with van der Waals surface area (Å²) in [5, 5.41) is 16.7. The Morgan fingerprint density at radius 3 is 1.85 bits per heavy atom. The third-order valence-corrected chi connectivity index (χ3v) is 4.91. The van der Waals surface area contributed by atoms with Crippen molar-refractivity contribution in [1.82, 2.24) is 16.0 Å². The molecule has 190 valence electrons. The predicted molar refractivity (Wildman–Crippen MR) is 122 cm³/mol. The highest BCUT2D eigenvalue weighted by Gasteiger charge is 2.31. The van der Waals surface area contributed by atoms with Crippen molar-refractivity contribution in [3.8, 4) is 0 Å². The molecule has 0 fully saturated rings. The Morgan fingerprint density at radius 2 is 1.39 bits per heavy atom. The first kappa shape index (κ1) is 30.3. The normalized spacial score (nSPS) is 14.8. The van der Waals surface area contributed by atoms with Crippen LogP contribution in [-0.2, 0) is 24.0 Å². The monoisotopic (exact) mass is 472 g/mol. The first-order valence-electron chi connectivity index (χ1n) is 11.2. The van der Waals surface area contributed by atoms with Crippen LogP contribution in [0.5, 0.6) is 0 Å². The number of unbranched alkanes of at least 4 members (excludes halogenated alkanes) is 1. The van der Waals surface area contributed by atoms with E-state index in [1.54, 1.807) is 13.8 Å². The molecule has 33 heavy (non-hydrogen) atoms. The highest BCUT2D eigenvalue weighted by Crippen LogP contribution is 2.08. The third-order valence-electron chi connectivity index (χ3n) is 4.91. The molecule has 12 nitrogen and oxygen atoms in total. The molecule has 4 amide bonds. The summed E-state index contributed by atoms with van der Waals surface area (Å²) in [4.78, 5) is 60.9. The zero-order chi connectivity index (χ0) is 25.7. The second kappa shape index (κ2) is 15.2. The van der Waals surface area contributed by atoms with Crippen molar-refractivity contribution in [2.45, 2.75) is 84.0 Å². The van der Waals surface area contributed by atoms with E-state index in [0.29, 0.717) is 25.8 Å². The number of hydrogen-bond acceptors (Lipinski definition) is 7. The first-order valence-corrected chi connectivity index (χ1v) is 11.2. The molecule has 0 spiro atoms. The largest absolute Gasteiger partial charge is 0.480 e. The summed E-state index contributed by atoms with van der Waals surface area (Å²) in [5.41, 5.74) is 16.6. The van der Waals surface area contributed by atoms with Crippen LogP contribution in [0.15, 0.2) is 0 Å². The molecule has 0 aromatic carbocycles. The molecule has 12 heteroatoms. The number of nitrogens with one attached hydrogen (secondary N) is 3. The second-order valence-corrected chi connectivity index (χ2v) is 8.88. The number of carboxylic acids is 1. The number of primary amides is 1. The number of carbonyl (C=O) groups is 5. The highest BCUT2D eigenvalue weighted by atomic mass is 16.4. The smallest absolute Gasteiger partial charge is 0.326 e. The van der Waals surface area contributed by atoms with Crippen LogP contribution in [0, 0.1) is 11.8 Å². The zero-order valence-corrected chi connectivity index (χ0v) is 19.9. The van der Waals surface area contributed by atoms with Crippen molar-refractivity contribution in [3.63, 3.8) is 0 Å². The summed E-state index contributed by atoms with van der Waals surface area (Å²) in [6.07, 6.45) is 1.13. The first-order chi connectivity index (χ1) is 15.3. The van der Waals surface area contributed by atoms with Crippen LogP contribution in [0.25, 0.3) is 0 Å². The van der Waals surface area contributed by atoms with Crippen molar-refractivity contribution in [2.24, 2.45) is 29.0 Å². The van der Waals surface area contributed by atoms with Gasteiger partial charge >= 0.3 is 5.97 Å². The predicted octanol–water partition coefficient (Wildman–Crippen LogP) is -1.44. The molecular weight excluding hydrogens is 432 g/mol. The van der Waals surface area contributed by atoms with Crippen LogP contribution in [0.2, 0.25) is 0 Å². The topological polar surface area (TPSA) is 220 Å². The molecule has 0 saturated heterocycles. The molecule has 10 N–H and O–H groups in total. The van der Waals surface area contributed by atoms with Gasteiger partial charge < -0.3 is 38.3 Å². The van der Waals surface area contributed by atoms with Crippen molar-refractivity contribution in [2.75, 3.05) is 6.54 Å². The Bertz CT molecular complexity index is 684. The lowest BCUT2D eigenvalue weighted by Gasteiger charge is -2.26. The summed E-state index contributed by atoms with van der Waals surface area (Å²) in [6.45, 7) is 7.42. The van der Waals surface area contributed by atoms with E-state index in [1.165, 1.54) is 0 Å². The second-order valence-electron chi connectivity index (χ2n) is 8.88. The van der Waals surface area contributed by atoms with Crippen LogP contribution in [0.4, 0.5) is 0 Å². The average molecular weight is 473 g/mol. The molecule has 0 aromatic rings. The van der Waals surface area contributed by atoms with Gasteiger partial charge in [-0.05, 0) is 44.1 Å². The van der Waals surface area contributed by atoms with Crippen LogP contribution in [0.3, 0.4) is 0 Å². The van der Waals surface area contributed by atoms with E-state index < -0.39 is 66.1 Å². The molecule has 0 bridgehead atoms. The molecule has 0 heterocycles. The molecule has 0 rings (SSSR count). The number of carboxylic acid groups (broad SMARTS) is 1. The van der Waals surface area contributed by atoms with Crippen molar-refractivity contribution < 1.29 is 29.1 Å². The van der Waals surface area contributed by atoms with Gasteiger partial charge in [0, 0.05) is 0 Å². The minimum absolute atomic E-state index is 0.132. The molecule has 0 saturated carbocycles. The molecule has 0 aliphatic rings. The standard InChI is InChI=1S/C21H40N6O6/c1-11(2)9-13(23)18(29)26-15(10-16(24)28)20(31)25-14(7-5-6-8-22)19(30)27-17(12(3)4)21(32)33/h11-15,17H,5-10,22-23H2,1-4H3,(H2,24,28)(H,25,31)(H,26,29)(H,27,30)(H,32,33). The maximum Gasteiger partial charge on any atom is 0.326 e. The van der Waals surface area contributed by atoms with E-state index in [-0.39, 0.29) is 12.3 Å². The Kier molecular flexibility index (Phi) is 13.9. The summed E-state index contributed by atoms with van der Waals surface area (Å²) in [7, 11) is 0. The van der Waals surface area contributed by atoms with Gasteiger partial charge in [-0.25, -0.2) is 4.79 Å². The summed E-state index contributed by atoms with van der Waals surface area (Å²) < 4.78 is 0. The van der Waals surface area contributed by atoms with Gasteiger partial charge in [-0.2, -0.15) is 0 Å². The fraction of sp³-hybridized carbons (Fsp3) is 0.762.